The monoisotopic (exact) mass is 177 g/mol. The third kappa shape index (κ3) is 2.17. The summed E-state index contributed by atoms with van der Waals surface area (Å²) in [5, 5.41) is 0.171. The Morgan fingerprint density at radius 1 is 1.55 bits per heavy atom. The van der Waals surface area contributed by atoms with E-state index in [9.17, 15) is 4.21 Å². The second kappa shape index (κ2) is 3.11. The fourth-order valence-electron chi connectivity index (χ4n) is 0.971. The molecule has 0 aromatic heterocycles. The molecule has 66 valence electrons. The molecule has 0 radical (unpaired) electrons. The first kappa shape index (κ1) is 9.00. The van der Waals surface area contributed by atoms with E-state index in [2.05, 4.69) is 4.36 Å². The fraction of sp³-hybridized carbons (Fsp3) is 1.00. The van der Waals surface area contributed by atoms with Crippen LogP contribution < -0.4 is 0 Å². The van der Waals surface area contributed by atoms with Gasteiger partial charge in [-0.2, -0.15) is 0 Å². The molecule has 0 aromatic carbocycles. The molecule has 4 heteroatoms. The smallest absolute Gasteiger partial charge is 0.0894 e. The van der Waals surface area contributed by atoms with Gasteiger partial charge in [0.1, 0.15) is 0 Å². The van der Waals surface area contributed by atoms with Gasteiger partial charge in [0.25, 0.3) is 0 Å². The van der Waals surface area contributed by atoms with Crippen molar-refractivity contribution >= 4 is 9.73 Å². The van der Waals surface area contributed by atoms with E-state index in [1.54, 1.807) is 6.26 Å². The minimum Gasteiger partial charge on any atom is -0.379 e. The number of rotatable bonds is 2. The van der Waals surface area contributed by atoms with Crippen molar-refractivity contribution < 1.29 is 8.95 Å². The summed E-state index contributed by atoms with van der Waals surface area (Å²) >= 11 is 0. The van der Waals surface area contributed by atoms with Crippen LogP contribution in [-0.4, -0.2) is 35.0 Å². The Balaban J connectivity index is 2.72. The van der Waals surface area contributed by atoms with Crippen LogP contribution in [0.1, 0.15) is 13.8 Å². The molecule has 0 spiro atoms. The Hall–Kier alpha value is -0.0900. The van der Waals surface area contributed by atoms with E-state index in [1.807, 2.05) is 13.8 Å². The van der Waals surface area contributed by atoms with Gasteiger partial charge < -0.3 is 4.74 Å². The van der Waals surface area contributed by atoms with Gasteiger partial charge in [0.05, 0.1) is 34.2 Å². The first-order chi connectivity index (χ1) is 5.02. The fourth-order valence-corrected chi connectivity index (χ4v) is 2.68. The van der Waals surface area contributed by atoms with Crippen LogP contribution in [0.5, 0.6) is 0 Å². The molecule has 1 aliphatic heterocycles. The van der Waals surface area contributed by atoms with Gasteiger partial charge in [0.2, 0.25) is 0 Å². The van der Waals surface area contributed by atoms with Gasteiger partial charge in [-0.25, -0.2) is 8.57 Å². The van der Waals surface area contributed by atoms with E-state index >= 15 is 0 Å². The van der Waals surface area contributed by atoms with Crippen LogP contribution in [-0.2, 0) is 14.5 Å². The first-order valence-corrected chi connectivity index (χ1v) is 5.79. The summed E-state index contributed by atoms with van der Waals surface area (Å²) in [4.78, 5) is 0. The Morgan fingerprint density at radius 2 is 2.09 bits per heavy atom. The molecule has 1 saturated heterocycles. The quantitative estimate of drug-likeness (QED) is 0.628. The third-order valence-electron chi connectivity index (χ3n) is 1.65. The highest BCUT2D eigenvalue weighted by atomic mass is 32.2. The topological polar surface area (TPSA) is 38.7 Å². The summed E-state index contributed by atoms with van der Waals surface area (Å²) in [6.07, 6.45) is 1.72. The molecular formula is C7H15NO2S. The minimum atomic E-state index is -1.97. The van der Waals surface area contributed by atoms with E-state index in [0.717, 1.165) is 0 Å². The maximum Gasteiger partial charge on any atom is 0.0894 e. The van der Waals surface area contributed by atoms with Crippen molar-refractivity contribution in [2.24, 2.45) is 4.36 Å². The van der Waals surface area contributed by atoms with Crippen molar-refractivity contribution in [2.75, 3.05) is 19.5 Å². The SMILES string of the molecule is CC(C)N=S(C)(=O)C1COC1. The molecule has 1 aliphatic rings. The highest BCUT2D eigenvalue weighted by molar-refractivity contribution is 7.93. The molecule has 1 fully saturated rings. The number of ether oxygens (including phenoxy) is 1. The van der Waals surface area contributed by atoms with Gasteiger partial charge in [-0.15, -0.1) is 0 Å². The van der Waals surface area contributed by atoms with E-state index in [0.29, 0.717) is 13.2 Å². The molecule has 1 rings (SSSR count). The molecule has 11 heavy (non-hydrogen) atoms. The molecular weight excluding hydrogens is 162 g/mol. The summed E-state index contributed by atoms with van der Waals surface area (Å²) in [6, 6.07) is 0.160. The Labute approximate surface area is 68.3 Å². The average Bonchev–Trinajstić information content (AvgIpc) is 1.50. The van der Waals surface area contributed by atoms with Crippen molar-refractivity contribution in [2.45, 2.75) is 25.1 Å². The summed E-state index contributed by atoms with van der Waals surface area (Å²) in [6.45, 7) is 5.13. The van der Waals surface area contributed by atoms with Crippen LogP contribution >= 0.6 is 0 Å². The zero-order valence-electron chi connectivity index (χ0n) is 7.24. The predicted molar refractivity (Wildman–Crippen MR) is 46.2 cm³/mol. The minimum absolute atomic E-state index is 0.160. The number of nitrogens with zero attached hydrogens (tertiary/aromatic N) is 1. The summed E-state index contributed by atoms with van der Waals surface area (Å²) < 4.78 is 20.9. The van der Waals surface area contributed by atoms with Crippen LogP contribution in [0.25, 0.3) is 0 Å². The van der Waals surface area contributed by atoms with E-state index in [4.69, 9.17) is 4.74 Å². The normalized spacial score (nSPS) is 24.4. The van der Waals surface area contributed by atoms with Crippen LogP contribution in [0.2, 0.25) is 0 Å². The summed E-state index contributed by atoms with van der Waals surface area (Å²) in [5.74, 6) is 0. The van der Waals surface area contributed by atoms with E-state index in [1.165, 1.54) is 0 Å². The van der Waals surface area contributed by atoms with E-state index < -0.39 is 9.73 Å². The van der Waals surface area contributed by atoms with Crippen molar-refractivity contribution in [1.82, 2.24) is 0 Å². The number of hydrogen-bond donors (Lipinski definition) is 0. The zero-order chi connectivity index (χ0) is 8.48. The van der Waals surface area contributed by atoms with Crippen LogP contribution in [0.3, 0.4) is 0 Å². The van der Waals surface area contributed by atoms with Gasteiger partial charge in [-0.1, -0.05) is 0 Å². The Bertz CT molecular complexity index is 237. The largest absolute Gasteiger partial charge is 0.379 e. The predicted octanol–water partition coefficient (Wildman–Crippen LogP) is 0.891. The van der Waals surface area contributed by atoms with E-state index in [-0.39, 0.29) is 11.3 Å². The number of hydrogen-bond acceptors (Lipinski definition) is 3. The second-order valence-electron chi connectivity index (χ2n) is 3.22. The maximum absolute atomic E-state index is 11.7. The summed E-state index contributed by atoms with van der Waals surface area (Å²) in [7, 11) is -1.97. The molecule has 0 bridgehead atoms. The highest BCUT2D eigenvalue weighted by Crippen LogP contribution is 2.13. The van der Waals surface area contributed by atoms with Gasteiger partial charge in [-0.05, 0) is 13.8 Å². The van der Waals surface area contributed by atoms with Crippen LogP contribution in [0.4, 0.5) is 0 Å². The first-order valence-electron chi connectivity index (χ1n) is 3.80. The van der Waals surface area contributed by atoms with Crippen molar-refractivity contribution in [3.05, 3.63) is 0 Å². The van der Waals surface area contributed by atoms with Crippen molar-refractivity contribution in [1.29, 1.82) is 0 Å². The van der Waals surface area contributed by atoms with Crippen LogP contribution in [0, 0.1) is 0 Å². The van der Waals surface area contributed by atoms with Gasteiger partial charge in [0, 0.05) is 6.26 Å². The highest BCUT2D eigenvalue weighted by Gasteiger charge is 2.27. The molecule has 0 N–H and O–H groups in total. The van der Waals surface area contributed by atoms with Crippen LogP contribution in [0.15, 0.2) is 4.36 Å². The van der Waals surface area contributed by atoms with Gasteiger partial charge >= 0.3 is 0 Å². The molecule has 0 amide bonds. The molecule has 3 nitrogen and oxygen atoms in total. The lowest BCUT2D eigenvalue weighted by Gasteiger charge is -2.27. The Morgan fingerprint density at radius 3 is 2.36 bits per heavy atom. The molecule has 0 aliphatic carbocycles. The second-order valence-corrected chi connectivity index (χ2v) is 5.82. The molecule has 0 saturated carbocycles. The lowest BCUT2D eigenvalue weighted by Crippen LogP contribution is -2.40. The lowest BCUT2D eigenvalue weighted by molar-refractivity contribution is 0.0430. The molecule has 0 aromatic rings. The average molecular weight is 177 g/mol. The zero-order valence-corrected chi connectivity index (χ0v) is 8.06. The molecule has 1 atom stereocenters. The van der Waals surface area contributed by atoms with Gasteiger partial charge in [-0.3, -0.25) is 0 Å². The Kier molecular flexibility index (Phi) is 2.54. The summed E-state index contributed by atoms with van der Waals surface area (Å²) in [5.41, 5.74) is 0. The molecule has 1 unspecified atom stereocenters. The van der Waals surface area contributed by atoms with Crippen molar-refractivity contribution in [3.8, 4) is 0 Å². The third-order valence-corrected chi connectivity index (χ3v) is 4.00. The standard InChI is InChI=1S/C7H15NO2S/c1-6(2)8-11(3,9)7-4-10-5-7/h6-7H,4-5H2,1-3H3. The maximum atomic E-state index is 11.7. The lowest BCUT2D eigenvalue weighted by atomic mass is 10.4. The molecule has 1 heterocycles. The van der Waals surface area contributed by atoms with Crippen molar-refractivity contribution in [3.63, 3.8) is 0 Å². The van der Waals surface area contributed by atoms with Gasteiger partial charge in [0.15, 0.2) is 0 Å².